The molecule has 0 aliphatic rings. The first-order valence-corrected chi connectivity index (χ1v) is 22.7. The van der Waals surface area contributed by atoms with E-state index in [9.17, 15) is 0 Å². The van der Waals surface area contributed by atoms with Gasteiger partial charge in [0.1, 0.15) is 0 Å². The van der Waals surface area contributed by atoms with Crippen LogP contribution in [0.15, 0.2) is 267 Å². The van der Waals surface area contributed by atoms with E-state index in [1.165, 1.54) is 77.1 Å². The maximum Gasteiger partial charge on any atom is 0.0546 e. The molecule has 0 atom stereocenters. The van der Waals surface area contributed by atoms with Crippen LogP contribution in [-0.4, -0.2) is 4.57 Å². The molecule has 0 aliphatic carbocycles. The van der Waals surface area contributed by atoms with Crippen LogP contribution < -0.4 is 4.90 Å². The number of hydrogen-bond acceptors (Lipinski definition) is 1. The van der Waals surface area contributed by atoms with Crippen LogP contribution in [0, 0.1) is 0 Å². The van der Waals surface area contributed by atoms with Crippen molar-refractivity contribution in [2.75, 3.05) is 4.90 Å². The van der Waals surface area contributed by atoms with Crippen LogP contribution in [0.3, 0.4) is 0 Å². The van der Waals surface area contributed by atoms with Gasteiger partial charge >= 0.3 is 0 Å². The topological polar surface area (TPSA) is 8.17 Å². The molecule has 0 unspecified atom stereocenters. The van der Waals surface area contributed by atoms with Crippen LogP contribution in [0.5, 0.6) is 0 Å². The van der Waals surface area contributed by atoms with E-state index in [0.29, 0.717) is 0 Å². The van der Waals surface area contributed by atoms with Gasteiger partial charge in [0, 0.05) is 33.4 Å². The first-order chi connectivity index (χ1) is 32.7. The lowest BCUT2D eigenvalue weighted by molar-refractivity contribution is 1.18. The van der Waals surface area contributed by atoms with E-state index in [-0.39, 0.29) is 0 Å². The van der Waals surface area contributed by atoms with E-state index >= 15 is 0 Å². The van der Waals surface area contributed by atoms with Crippen molar-refractivity contribution < 1.29 is 0 Å². The fraction of sp³-hybridized carbons (Fsp3) is 0. The van der Waals surface area contributed by atoms with Crippen molar-refractivity contribution in [1.29, 1.82) is 0 Å². The first kappa shape index (κ1) is 38.9. The summed E-state index contributed by atoms with van der Waals surface area (Å²) in [6.45, 7) is 0. The number of nitrogens with zero attached hydrogens (tertiary/aromatic N) is 2. The minimum absolute atomic E-state index is 1.07. The van der Waals surface area contributed by atoms with Gasteiger partial charge in [0.15, 0.2) is 0 Å². The molecule has 12 rings (SSSR count). The van der Waals surface area contributed by atoms with Crippen molar-refractivity contribution in [2.45, 2.75) is 0 Å². The standard InChI is InChI=1S/C64H44N2/c1-4-19-45(20-5-1)49-26-16-28-54(42-49)65(55-29-17-27-51(43-55)60-44-52(46-21-6-2-7-22-46)41-50-25-10-11-30-56(50)60)53-39-37-47(38-40-53)57-33-18-36-63(64(57)48-23-8-3-9-24-48)66-61-34-14-12-31-58(61)59-32-13-15-35-62(59)66/h1-44H. The van der Waals surface area contributed by atoms with Crippen molar-refractivity contribution in [2.24, 2.45) is 0 Å². The van der Waals surface area contributed by atoms with Crippen LogP contribution >= 0.6 is 0 Å². The molecule has 1 heterocycles. The molecule has 0 aliphatic heterocycles. The van der Waals surface area contributed by atoms with Crippen LogP contribution in [-0.2, 0) is 0 Å². The SMILES string of the molecule is c1ccc(-c2cccc(N(c3ccc(-c4cccc(-n5c6ccccc6c6ccccc65)c4-c4ccccc4)cc3)c3cccc(-c4cc(-c5ccccc5)cc5ccccc45)c3)c2)cc1. The Hall–Kier alpha value is -8.72. The molecular weight excluding hydrogens is 797 g/mol. The fourth-order valence-electron chi connectivity index (χ4n) is 9.91. The summed E-state index contributed by atoms with van der Waals surface area (Å²) in [6, 6.07) is 96.9. The molecule has 66 heavy (non-hydrogen) atoms. The quantitative estimate of drug-likeness (QED) is 0.141. The summed E-state index contributed by atoms with van der Waals surface area (Å²) < 4.78 is 2.44. The Morgan fingerprint density at radius 1 is 0.258 bits per heavy atom. The average molecular weight is 841 g/mol. The summed E-state index contributed by atoms with van der Waals surface area (Å²) in [5, 5.41) is 4.95. The van der Waals surface area contributed by atoms with Gasteiger partial charge in [0.2, 0.25) is 0 Å². The number of aromatic nitrogens is 1. The molecule has 2 heteroatoms. The normalized spacial score (nSPS) is 11.3. The number of para-hydroxylation sites is 2. The van der Waals surface area contributed by atoms with Crippen LogP contribution in [0.4, 0.5) is 17.1 Å². The number of fused-ring (bicyclic) bond motifs is 4. The summed E-state index contributed by atoms with van der Waals surface area (Å²) >= 11 is 0. The van der Waals surface area contributed by atoms with Gasteiger partial charge in [0.25, 0.3) is 0 Å². The van der Waals surface area contributed by atoms with Crippen LogP contribution in [0.25, 0.3) is 93.9 Å². The Bertz CT molecular complexity index is 3630. The lowest BCUT2D eigenvalue weighted by Crippen LogP contribution is -2.10. The Kier molecular flexibility index (Phi) is 9.89. The van der Waals surface area contributed by atoms with E-state index in [4.69, 9.17) is 0 Å². The highest BCUT2D eigenvalue weighted by Crippen LogP contribution is 2.44. The molecule has 0 spiro atoms. The molecule has 310 valence electrons. The first-order valence-electron chi connectivity index (χ1n) is 22.7. The van der Waals surface area contributed by atoms with Crippen molar-refractivity contribution in [3.05, 3.63) is 267 Å². The van der Waals surface area contributed by atoms with E-state index < -0.39 is 0 Å². The molecule has 0 radical (unpaired) electrons. The number of benzene rings is 11. The smallest absolute Gasteiger partial charge is 0.0546 e. The van der Waals surface area contributed by atoms with Crippen molar-refractivity contribution in [1.82, 2.24) is 4.57 Å². The summed E-state index contributed by atoms with van der Waals surface area (Å²) in [6.07, 6.45) is 0. The molecule has 0 amide bonds. The molecular formula is C64H44N2. The highest BCUT2D eigenvalue weighted by atomic mass is 15.1. The minimum Gasteiger partial charge on any atom is -0.310 e. The van der Waals surface area contributed by atoms with Gasteiger partial charge in [-0.3, -0.25) is 0 Å². The highest BCUT2D eigenvalue weighted by Gasteiger charge is 2.20. The molecule has 11 aromatic carbocycles. The number of anilines is 3. The Balaban J connectivity index is 1.02. The van der Waals surface area contributed by atoms with Crippen LogP contribution in [0.2, 0.25) is 0 Å². The summed E-state index contributed by atoms with van der Waals surface area (Å²) in [4.78, 5) is 2.40. The summed E-state index contributed by atoms with van der Waals surface area (Å²) in [5.74, 6) is 0. The molecule has 2 nitrogen and oxygen atoms in total. The molecule has 0 saturated heterocycles. The van der Waals surface area contributed by atoms with E-state index in [1.807, 2.05) is 0 Å². The lowest BCUT2D eigenvalue weighted by Gasteiger charge is -2.27. The van der Waals surface area contributed by atoms with Gasteiger partial charge in [-0.2, -0.15) is 0 Å². The number of rotatable bonds is 9. The molecule has 0 bridgehead atoms. The molecule has 12 aromatic rings. The zero-order valence-corrected chi connectivity index (χ0v) is 36.3. The van der Waals surface area contributed by atoms with E-state index in [2.05, 4.69) is 276 Å². The fourth-order valence-corrected chi connectivity index (χ4v) is 9.91. The van der Waals surface area contributed by atoms with Crippen molar-refractivity contribution >= 4 is 49.6 Å². The maximum atomic E-state index is 2.44. The zero-order chi connectivity index (χ0) is 43.8. The third kappa shape index (κ3) is 7.02. The van der Waals surface area contributed by atoms with Crippen molar-refractivity contribution in [3.8, 4) is 61.3 Å². The van der Waals surface area contributed by atoms with Crippen LogP contribution in [0.1, 0.15) is 0 Å². The van der Waals surface area contributed by atoms with Crippen molar-refractivity contribution in [3.63, 3.8) is 0 Å². The molecule has 0 fully saturated rings. The predicted molar refractivity (Wildman–Crippen MR) is 280 cm³/mol. The Morgan fingerprint density at radius 2 is 0.758 bits per heavy atom. The second-order valence-electron chi connectivity index (χ2n) is 16.9. The Labute approximate surface area is 385 Å². The molecule has 0 saturated carbocycles. The van der Waals surface area contributed by atoms with E-state index in [1.54, 1.807) is 0 Å². The largest absolute Gasteiger partial charge is 0.310 e. The molecule has 0 N–H and O–H groups in total. The van der Waals surface area contributed by atoms with E-state index in [0.717, 1.165) is 33.9 Å². The summed E-state index contributed by atoms with van der Waals surface area (Å²) in [5.41, 5.74) is 18.6. The second-order valence-corrected chi connectivity index (χ2v) is 16.9. The third-order valence-electron chi connectivity index (χ3n) is 13.0. The molecule has 1 aromatic heterocycles. The monoisotopic (exact) mass is 840 g/mol. The maximum absolute atomic E-state index is 2.44. The van der Waals surface area contributed by atoms with Gasteiger partial charge in [-0.25, -0.2) is 0 Å². The highest BCUT2D eigenvalue weighted by molar-refractivity contribution is 6.10. The van der Waals surface area contributed by atoms with Gasteiger partial charge in [-0.1, -0.05) is 200 Å². The average Bonchev–Trinajstić information content (AvgIpc) is 3.73. The number of hydrogen-bond donors (Lipinski definition) is 0. The van der Waals surface area contributed by atoms with Gasteiger partial charge in [0.05, 0.1) is 16.7 Å². The second kappa shape index (κ2) is 16.8. The Morgan fingerprint density at radius 3 is 1.41 bits per heavy atom. The summed E-state index contributed by atoms with van der Waals surface area (Å²) in [7, 11) is 0. The lowest BCUT2D eigenvalue weighted by atomic mass is 9.92. The predicted octanol–water partition coefficient (Wildman–Crippen LogP) is 17.7. The van der Waals surface area contributed by atoms with Gasteiger partial charge in [-0.05, 0) is 128 Å². The third-order valence-corrected chi connectivity index (χ3v) is 13.0. The van der Waals surface area contributed by atoms with Gasteiger partial charge < -0.3 is 9.47 Å². The zero-order valence-electron chi connectivity index (χ0n) is 36.3. The minimum atomic E-state index is 1.07. The van der Waals surface area contributed by atoms with Gasteiger partial charge in [-0.15, -0.1) is 0 Å².